The number of aromatic nitrogens is 2. The van der Waals surface area contributed by atoms with Crippen LogP contribution in [0.2, 0.25) is 0 Å². The molecule has 1 aromatic heterocycles. The molecule has 5 heteroatoms. The minimum Gasteiger partial charge on any atom is -0.347 e. The predicted molar refractivity (Wildman–Crippen MR) is 96.6 cm³/mol. The first-order valence-corrected chi connectivity index (χ1v) is 8.85. The van der Waals surface area contributed by atoms with Gasteiger partial charge in [0.05, 0.1) is 10.2 Å². The standard InChI is InChI=1S/C18H24BrN3O/c1-5-12(3)14-9-7-13(8-10-14)11-20-18(23)17-16(19)15(6-2)21-22(17)4/h7-10,12H,5-6,11H2,1-4H3,(H,20,23). The van der Waals surface area contributed by atoms with E-state index in [0.717, 1.165) is 28.6 Å². The summed E-state index contributed by atoms with van der Waals surface area (Å²) in [5, 5.41) is 7.32. The van der Waals surface area contributed by atoms with Gasteiger partial charge >= 0.3 is 0 Å². The third kappa shape index (κ3) is 4.02. The molecular formula is C18H24BrN3O. The summed E-state index contributed by atoms with van der Waals surface area (Å²) in [6.45, 7) is 6.95. The predicted octanol–water partition coefficient (Wildman–Crippen LogP) is 4.19. The molecule has 1 amide bonds. The highest BCUT2D eigenvalue weighted by Gasteiger charge is 2.19. The summed E-state index contributed by atoms with van der Waals surface area (Å²) >= 11 is 3.48. The van der Waals surface area contributed by atoms with Gasteiger partial charge in [0, 0.05) is 13.6 Å². The zero-order chi connectivity index (χ0) is 17.0. The maximum atomic E-state index is 12.4. The summed E-state index contributed by atoms with van der Waals surface area (Å²) in [6, 6.07) is 8.45. The van der Waals surface area contributed by atoms with Gasteiger partial charge < -0.3 is 5.32 Å². The van der Waals surface area contributed by atoms with Gasteiger partial charge in [-0.15, -0.1) is 0 Å². The SMILES string of the molecule is CCc1nn(C)c(C(=O)NCc2ccc(C(C)CC)cc2)c1Br. The second-order valence-electron chi connectivity index (χ2n) is 5.82. The van der Waals surface area contributed by atoms with Crippen LogP contribution in [-0.2, 0) is 20.0 Å². The Labute approximate surface area is 146 Å². The summed E-state index contributed by atoms with van der Waals surface area (Å²) in [6.07, 6.45) is 1.92. The third-order valence-corrected chi connectivity index (χ3v) is 5.05. The Balaban J connectivity index is 2.03. The number of hydrogen-bond donors (Lipinski definition) is 1. The molecule has 0 aliphatic carbocycles. The van der Waals surface area contributed by atoms with Gasteiger partial charge in [0.25, 0.3) is 5.91 Å². The second kappa shape index (κ2) is 7.77. The number of aryl methyl sites for hydroxylation is 2. The molecule has 1 N–H and O–H groups in total. The lowest BCUT2D eigenvalue weighted by atomic mass is 9.98. The smallest absolute Gasteiger partial charge is 0.270 e. The number of carbonyl (C=O) groups is 1. The molecule has 0 saturated carbocycles. The fraction of sp³-hybridized carbons (Fsp3) is 0.444. The number of halogens is 1. The maximum Gasteiger partial charge on any atom is 0.270 e. The first kappa shape index (κ1) is 17.7. The molecule has 0 spiro atoms. The molecule has 0 bridgehead atoms. The molecule has 0 aliphatic heterocycles. The fourth-order valence-electron chi connectivity index (χ4n) is 2.49. The Morgan fingerprint density at radius 3 is 2.48 bits per heavy atom. The number of nitrogens with one attached hydrogen (secondary N) is 1. The molecule has 1 aromatic carbocycles. The highest BCUT2D eigenvalue weighted by Crippen LogP contribution is 2.22. The van der Waals surface area contributed by atoms with Crippen LogP contribution in [0.15, 0.2) is 28.7 Å². The summed E-state index contributed by atoms with van der Waals surface area (Å²) in [5.41, 5.74) is 3.90. The van der Waals surface area contributed by atoms with Crippen molar-refractivity contribution in [2.45, 2.75) is 46.1 Å². The molecule has 1 heterocycles. The Morgan fingerprint density at radius 1 is 1.30 bits per heavy atom. The zero-order valence-corrected chi connectivity index (χ0v) is 15.8. The van der Waals surface area contributed by atoms with Crippen molar-refractivity contribution in [3.05, 3.63) is 51.3 Å². The Bertz CT molecular complexity index is 676. The average molecular weight is 378 g/mol. The minimum atomic E-state index is -0.113. The van der Waals surface area contributed by atoms with Crippen molar-refractivity contribution in [2.75, 3.05) is 0 Å². The van der Waals surface area contributed by atoms with Gasteiger partial charge in [-0.3, -0.25) is 9.48 Å². The average Bonchev–Trinajstić information content (AvgIpc) is 2.86. The van der Waals surface area contributed by atoms with Gasteiger partial charge in [-0.05, 0) is 45.8 Å². The fourth-order valence-corrected chi connectivity index (χ4v) is 3.29. The molecule has 2 aromatic rings. The number of benzene rings is 1. The number of carbonyl (C=O) groups excluding carboxylic acids is 1. The van der Waals surface area contributed by atoms with Crippen molar-refractivity contribution in [2.24, 2.45) is 7.05 Å². The summed E-state index contributed by atoms with van der Waals surface area (Å²) < 4.78 is 2.41. The van der Waals surface area contributed by atoms with Crippen LogP contribution in [0.3, 0.4) is 0 Å². The summed E-state index contributed by atoms with van der Waals surface area (Å²) in [7, 11) is 1.79. The molecule has 124 valence electrons. The van der Waals surface area contributed by atoms with Crippen LogP contribution in [0.5, 0.6) is 0 Å². The minimum absolute atomic E-state index is 0.113. The van der Waals surface area contributed by atoms with E-state index in [-0.39, 0.29) is 5.91 Å². The van der Waals surface area contributed by atoms with Crippen LogP contribution in [-0.4, -0.2) is 15.7 Å². The highest BCUT2D eigenvalue weighted by atomic mass is 79.9. The maximum absolute atomic E-state index is 12.4. The van der Waals surface area contributed by atoms with Crippen molar-refractivity contribution in [1.29, 1.82) is 0 Å². The van der Waals surface area contributed by atoms with Crippen LogP contribution >= 0.6 is 15.9 Å². The lowest BCUT2D eigenvalue weighted by molar-refractivity contribution is 0.0940. The van der Waals surface area contributed by atoms with Crippen molar-refractivity contribution in [3.8, 4) is 0 Å². The number of rotatable bonds is 6. The lowest BCUT2D eigenvalue weighted by Crippen LogP contribution is -2.25. The Morgan fingerprint density at radius 2 is 1.96 bits per heavy atom. The van der Waals surface area contributed by atoms with Crippen LogP contribution in [0.1, 0.15) is 60.4 Å². The van der Waals surface area contributed by atoms with Gasteiger partial charge in [-0.1, -0.05) is 45.0 Å². The highest BCUT2D eigenvalue weighted by molar-refractivity contribution is 9.10. The number of nitrogens with zero attached hydrogens (tertiary/aromatic N) is 2. The van der Waals surface area contributed by atoms with E-state index in [9.17, 15) is 4.79 Å². The van der Waals surface area contributed by atoms with Gasteiger partial charge in [-0.25, -0.2) is 0 Å². The Kier molecular flexibility index (Phi) is 5.99. The molecule has 0 saturated heterocycles. The van der Waals surface area contributed by atoms with Crippen molar-refractivity contribution < 1.29 is 4.79 Å². The monoisotopic (exact) mass is 377 g/mol. The molecule has 0 aliphatic rings. The van der Waals surface area contributed by atoms with Crippen LogP contribution in [0.25, 0.3) is 0 Å². The molecule has 2 rings (SSSR count). The van der Waals surface area contributed by atoms with Crippen LogP contribution in [0.4, 0.5) is 0 Å². The molecule has 1 atom stereocenters. The van der Waals surface area contributed by atoms with Crippen LogP contribution in [0, 0.1) is 0 Å². The molecular weight excluding hydrogens is 354 g/mol. The molecule has 4 nitrogen and oxygen atoms in total. The van der Waals surface area contributed by atoms with E-state index in [1.54, 1.807) is 11.7 Å². The van der Waals surface area contributed by atoms with Crippen molar-refractivity contribution in [3.63, 3.8) is 0 Å². The van der Waals surface area contributed by atoms with E-state index in [1.165, 1.54) is 5.56 Å². The van der Waals surface area contributed by atoms with E-state index in [4.69, 9.17) is 0 Å². The Hall–Kier alpha value is -1.62. The van der Waals surface area contributed by atoms with Gasteiger partial charge in [0.15, 0.2) is 0 Å². The van der Waals surface area contributed by atoms with E-state index in [1.807, 2.05) is 6.92 Å². The van der Waals surface area contributed by atoms with E-state index < -0.39 is 0 Å². The number of hydrogen-bond acceptors (Lipinski definition) is 2. The summed E-state index contributed by atoms with van der Waals surface area (Å²) in [5.74, 6) is 0.453. The largest absolute Gasteiger partial charge is 0.347 e. The van der Waals surface area contributed by atoms with E-state index >= 15 is 0 Å². The van der Waals surface area contributed by atoms with Crippen LogP contribution < -0.4 is 5.32 Å². The topological polar surface area (TPSA) is 46.9 Å². The van der Waals surface area contributed by atoms with Crippen molar-refractivity contribution in [1.82, 2.24) is 15.1 Å². The normalized spacial score (nSPS) is 12.2. The van der Waals surface area contributed by atoms with Gasteiger partial charge in [-0.2, -0.15) is 5.10 Å². The van der Waals surface area contributed by atoms with E-state index in [0.29, 0.717) is 18.2 Å². The van der Waals surface area contributed by atoms with Crippen molar-refractivity contribution >= 4 is 21.8 Å². The van der Waals surface area contributed by atoms with Gasteiger partial charge in [0.2, 0.25) is 0 Å². The quantitative estimate of drug-likeness (QED) is 0.820. The lowest BCUT2D eigenvalue weighted by Gasteiger charge is -2.10. The van der Waals surface area contributed by atoms with Gasteiger partial charge in [0.1, 0.15) is 5.69 Å². The molecule has 0 radical (unpaired) electrons. The molecule has 23 heavy (non-hydrogen) atoms. The third-order valence-electron chi connectivity index (χ3n) is 4.22. The zero-order valence-electron chi connectivity index (χ0n) is 14.2. The number of amides is 1. The summed E-state index contributed by atoms with van der Waals surface area (Å²) in [4.78, 5) is 12.4. The molecule has 0 fully saturated rings. The molecule has 1 unspecified atom stereocenters. The first-order valence-electron chi connectivity index (χ1n) is 8.06. The van der Waals surface area contributed by atoms with E-state index in [2.05, 4.69) is 64.5 Å². The first-order chi connectivity index (χ1) is 11.0. The second-order valence-corrected chi connectivity index (χ2v) is 6.61.